The number of nitrogens with one attached hydrogen (secondary N) is 1. The number of rotatable bonds is 6. The second-order valence-electron chi connectivity index (χ2n) is 5.84. The number of H-pyrrole nitrogens is 1. The Bertz CT molecular complexity index is 1010. The Morgan fingerprint density at radius 3 is 2.31 bits per heavy atom. The molecule has 0 saturated heterocycles. The quantitative estimate of drug-likeness (QED) is 0.519. The minimum absolute atomic E-state index is 0.114. The van der Waals surface area contributed by atoms with Gasteiger partial charge in [0.25, 0.3) is 5.56 Å². The van der Waals surface area contributed by atoms with E-state index in [1.165, 1.54) is 10.8 Å². The van der Waals surface area contributed by atoms with Crippen molar-refractivity contribution >= 4 is 18.4 Å². The molecule has 1 heterocycles. The first kappa shape index (κ1) is 17.8. The first-order chi connectivity index (χ1) is 12.6. The van der Waals surface area contributed by atoms with Crippen LogP contribution in [-0.4, -0.2) is 20.9 Å². The van der Waals surface area contributed by atoms with Gasteiger partial charge in [-0.1, -0.05) is 60.7 Å². The maximum Gasteiger partial charge on any atom is 0.264 e. The Kier molecular flexibility index (Phi) is 5.76. The second-order valence-corrected chi connectivity index (χ2v) is 6.23. The third-order valence-electron chi connectivity index (χ3n) is 4.01. The number of benzene rings is 2. The standard InChI is InChI=1S/C20H19N3O2S/c24-18-17(14-21-13-16-9-5-2-6-10-16)19(25)23(20(26)22-18)12-11-15-7-3-1-4-8-15/h1-10,14,25H,11-13H2,(H,22,24,26). The number of aromatic amines is 1. The van der Waals surface area contributed by atoms with Crippen LogP contribution in [0.15, 0.2) is 70.5 Å². The topological polar surface area (TPSA) is 70.4 Å². The first-order valence-electron chi connectivity index (χ1n) is 8.29. The molecule has 2 aromatic carbocycles. The van der Waals surface area contributed by atoms with Crippen LogP contribution in [0.3, 0.4) is 0 Å². The SMILES string of the molecule is O=c1[nH]c(=S)n(CCc2ccccc2)c(O)c1C=NCc1ccccc1. The molecule has 0 saturated carbocycles. The van der Waals surface area contributed by atoms with Gasteiger partial charge in [-0.15, -0.1) is 0 Å². The summed E-state index contributed by atoms with van der Waals surface area (Å²) in [4.78, 5) is 19.0. The highest BCUT2D eigenvalue weighted by Gasteiger charge is 2.10. The van der Waals surface area contributed by atoms with Crippen LogP contribution in [0.1, 0.15) is 16.7 Å². The van der Waals surface area contributed by atoms with Crippen molar-refractivity contribution in [2.75, 3.05) is 0 Å². The Hall–Kier alpha value is -2.99. The van der Waals surface area contributed by atoms with Gasteiger partial charge in [-0.25, -0.2) is 0 Å². The Balaban J connectivity index is 1.82. The molecule has 0 radical (unpaired) electrons. The van der Waals surface area contributed by atoms with E-state index in [2.05, 4.69) is 9.98 Å². The van der Waals surface area contributed by atoms with E-state index in [0.29, 0.717) is 19.5 Å². The van der Waals surface area contributed by atoms with E-state index in [-0.39, 0.29) is 16.2 Å². The molecule has 3 aromatic rings. The van der Waals surface area contributed by atoms with Crippen molar-refractivity contribution < 1.29 is 5.11 Å². The molecule has 0 aliphatic heterocycles. The van der Waals surface area contributed by atoms with Gasteiger partial charge >= 0.3 is 0 Å². The van der Waals surface area contributed by atoms with Gasteiger partial charge in [-0.2, -0.15) is 0 Å². The van der Waals surface area contributed by atoms with E-state index >= 15 is 0 Å². The lowest BCUT2D eigenvalue weighted by molar-refractivity contribution is 0.403. The van der Waals surface area contributed by atoms with Gasteiger partial charge in [0.1, 0.15) is 5.56 Å². The van der Waals surface area contributed by atoms with Crippen LogP contribution >= 0.6 is 12.2 Å². The van der Waals surface area contributed by atoms with Crippen molar-refractivity contribution in [3.63, 3.8) is 0 Å². The highest BCUT2D eigenvalue weighted by Crippen LogP contribution is 2.13. The number of nitrogens with zero attached hydrogens (tertiary/aromatic N) is 2. The summed E-state index contributed by atoms with van der Waals surface area (Å²) in [5.74, 6) is -0.161. The van der Waals surface area contributed by atoms with E-state index in [1.807, 2.05) is 60.7 Å². The van der Waals surface area contributed by atoms with Crippen molar-refractivity contribution in [2.45, 2.75) is 19.5 Å². The maximum atomic E-state index is 12.1. The molecule has 0 atom stereocenters. The number of hydrogen-bond donors (Lipinski definition) is 2. The predicted molar refractivity (Wildman–Crippen MR) is 105 cm³/mol. The Labute approximate surface area is 156 Å². The number of aromatic hydroxyl groups is 1. The maximum absolute atomic E-state index is 12.1. The zero-order chi connectivity index (χ0) is 18.4. The fourth-order valence-corrected chi connectivity index (χ4v) is 2.88. The lowest BCUT2D eigenvalue weighted by Gasteiger charge is -2.11. The molecule has 0 amide bonds. The van der Waals surface area contributed by atoms with Crippen molar-refractivity contribution in [2.24, 2.45) is 4.99 Å². The molecule has 26 heavy (non-hydrogen) atoms. The summed E-state index contributed by atoms with van der Waals surface area (Å²) in [5.41, 5.74) is 1.82. The summed E-state index contributed by atoms with van der Waals surface area (Å²) >= 11 is 5.19. The third-order valence-corrected chi connectivity index (χ3v) is 4.33. The van der Waals surface area contributed by atoms with Crippen molar-refractivity contribution in [3.05, 3.63) is 92.5 Å². The van der Waals surface area contributed by atoms with Gasteiger partial charge in [0.05, 0.1) is 6.54 Å². The average molecular weight is 365 g/mol. The average Bonchev–Trinajstić information content (AvgIpc) is 2.66. The minimum atomic E-state index is -0.444. The molecule has 0 aliphatic carbocycles. The molecule has 0 spiro atoms. The molecule has 0 unspecified atom stereocenters. The summed E-state index contributed by atoms with van der Waals surface area (Å²) in [5, 5.41) is 10.5. The molecule has 2 N–H and O–H groups in total. The smallest absolute Gasteiger partial charge is 0.264 e. The van der Waals surface area contributed by atoms with Crippen molar-refractivity contribution in [3.8, 4) is 5.88 Å². The predicted octanol–water partition coefficient (Wildman–Crippen LogP) is 3.47. The highest BCUT2D eigenvalue weighted by molar-refractivity contribution is 7.71. The minimum Gasteiger partial charge on any atom is -0.494 e. The number of aliphatic imine (C=N–C) groups is 1. The molecule has 0 aliphatic rings. The highest BCUT2D eigenvalue weighted by atomic mass is 32.1. The molecule has 1 aromatic heterocycles. The van der Waals surface area contributed by atoms with Crippen LogP contribution in [0, 0.1) is 4.77 Å². The van der Waals surface area contributed by atoms with E-state index in [1.54, 1.807) is 0 Å². The zero-order valence-electron chi connectivity index (χ0n) is 14.1. The second kappa shape index (κ2) is 8.40. The number of hydrogen-bond acceptors (Lipinski definition) is 4. The van der Waals surface area contributed by atoms with Gasteiger partial charge in [0.2, 0.25) is 5.88 Å². The van der Waals surface area contributed by atoms with Crippen LogP contribution in [0.4, 0.5) is 0 Å². The summed E-state index contributed by atoms with van der Waals surface area (Å²) in [7, 11) is 0. The number of aryl methyl sites for hydroxylation is 1. The lowest BCUT2D eigenvalue weighted by Crippen LogP contribution is -2.19. The van der Waals surface area contributed by atoms with Gasteiger partial charge in [0, 0.05) is 12.8 Å². The van der Waals surface area contributed by atoms with E-state index in [9.17, 15) is 9.90 Å². The van der Waals surface area contributed by atoms with Crippen LogP contribution < -0.4 is 5.56 Å². The fourth-order valence-electron chi connectivity index (χ4n) is 2.61. The van der Waals surface area contributed by atoms with Crippen molar-refractivity contribution in [1.82, 2.24) is 9.55 Å². The Morgan fingerprint density at radius 1 is 1.04 bits per heavy atom. The van der Waals surface area contributed by atoms with E-state index < -0.39 is 5.56 Å². The van der Waals surface area contributed by atoms with Crippen molar-refractivity contribution in [1.29, 1.82) is 0 Å². The molecule has 6 heteroatoms. The summed E-state index contributed by atoms with van der Waals surface area (Å²) < 4.78 is 1.72. The molecular formula is C20H19N3O2S. The monoisotopic (exact) mass is 365 g/mol. The molecule has 3 rings (SSSR count). The van der Waals surface area contributed by atoms with Crippen LogP contribution in [0.25, 0.3) is 0 Å². The zero-order valence-corrected chi connectivity index (χ0v) is 14.9. The van der Waals surface area contributed by atoms with Gasteiger partial charge < -0.3 is 5.11 Å². The largest absolute Gasteiger partial charge is 0.494 e. The summed E-state index contributed by atoms with van der Waals surface area (Å²) in [6.07, 6.45) is 2.09. The molecule has 0 fully saturated rings. The van der Waals surface area contributed by atoms with Crippen LogP contribution in [0.5, 0.6) is 5.88 Å². The first-order valence-corrected chi connectivity index (χ1v) is 8.70. The van der Waals surface area contributed by atoms with E-state index in [0.717, 1.165) is 11.1 Å². The van der Waals surface area contributed by atoms with Gasteiger partial charge in [-0.3, -0.25) is 19.3 Å². The number of aromatic nitrogens is 2. The fraction of sp³-hybridized carbons (Fsp3) is 0.150. The van der Waals surface area contributed by atoms with Gasteiger partial charge in [-0.05, 0) is 29.8 Å². The van der Waals surface area contributed by atoms with Crippen LogP contribution in [-0.2, 0) is 19.5 Å². The summed E-state index contributed by atoms with van der Waals surface area (Å²) in [6, 6.07) is 19.6. The Morgan fingerprint density at radius 2 is 1.65 bits per heavy atom. The third kappa shape index (κ3) is 4.34. The van der Waals surface area contributed by atoms with Gasteiger partial charge in [0.15, 0.2) is 4.77 Å². The van der Waals surface area contributed by atoms with Crippen LogP contribution in [0.2, 0.25) is 0 Å². The summed E-state index contributed by atoms with van der Waals surface area (Å²) in [6.45, 7) is 0.893. The lowest BCUT2D eigenvalue weighted by atomic mass is 10.1. The molecular weight excluding hydrogens is 346 g/mol. The van der Waals surface area contributed by atoms with E-state index in [4.69, 9.17) is 12.2 Å². The molecule has 132 valence electrons. The normalized spacial score (nSPS) is 11.1. The molecule has 5 nitrogen and oxygen atoms in total. The molecule has 0 bridgehead atoms.